The van der Waals surface area contributed by atoms with Crippen LogP contribution >= 0.6 is 0 Å². The molecule has 10 nitrogen and oxygen atoms in total. The van der Waals surface area contributed by atoms with E-state index in [4.69, 9.17) is 25.7 Å². The normalized spacial score (nSPS) is 29.4. The van der Waals surface area contributed by atoms with E-state index in [0.29, 0.717) is 6.61 Å². The van der Waals surface area contributed by atoms with Crippen LogP contribution in [-0.4, -0.2) is 58.5 Å². The Bertz CT molecular complexity index is 1060. The summed E-state index contributed by atoms with van der Waals surface area (Å²) in [5.74, 6) is -0.885. The Morgan fingerprint density at radius 3 is 2.70 bits per heavy atom. The highest BCUT2D eigenvalue weighted by molar-refractivity contribution is 6.74. The van der Waals surface area contributed by atoms with E-state index >= 15 is 0 Å². The first kappa shape index (κ1) is 20.1. The van der Waals surface area contributed by atoms with Crippen LogP contribution in [0.5, 0.6) is 0 Å². The number of rotatable bonds is 4. The van der Waals surface area contributed by atoms with Crippen molar-refractivity contribution >= 4 is 25.4 Å². The summed E-state index contributed by atoms with van der Waals surface area (Å²) in [7, 11) is -2.02. The Kier molecular flexibility index (Phi) is 4.60. The molecule has 30 heavy (non-hydrogen) atoms. The Labute approximate surface area is 177 Å². The topological polar surface area (TPSA) is 127 Å². The monoisotopic (exact) mass is 438 g/mol. The maximum Gasteiger partial charge on any atom is 0.280 e. The third-order valence-electron chi connectivity index (χ3n) is 6.19. The third kappa shape index (κ3) is 3.58. The average molecular weight is 439 g/mol. The summed E-state index contributed by atoms with van der Waals surface area (Å²) in [6, 6.07) is 0. The molecule has 4 heterocycles. The van der Waals surface area contributed by atoms with Crippen molar-refractivity contribution in [3.63, 3.8) is 0 Å². The van der Waals surface area contributed by atoms with Gasteiger partial charge in [0.1, 0.15) is 19.7 Å². The minimum absolute atomic E-state index is 0.0264. The van der Waals surface area contributed by atoms with Crippen LogP contribution in [0.2, 0.25) is 18.1 Å². The molecule has 2 saturated heterocycles. The second-order valence-electron chi connectivity index (χ2n) is 9.91. The maximum atomic E-state index is 12.2. The molecule has 4 rings (SSSR count). The predicted octanol–water partition coefficient (Wildman–Crippen LogP) is 2.14. The number of hydrogen-bond donors (Lipinski definition) is 2. The van der Waals surface area contributed by atoms with Gasteiger partial charge in [-0.3, -0.25) is 14.3 Å². The molecular weight excluding hydrogens is 406 g/mol. The summed E-state index contributed by atoms with van der Waals surface area (Å²) >= 11 is 0. The number of nitrogens with zero attached hydrogens (tertiary/aromatic N) is 3. The molecule has 0 unspecified atom stereocenters. The number of imidazole rings is 1. The van der Waals surface area contributed by atoms with Gasteiger partial charge in [-0.05, 0) is 32.0 Å². The number of nitrogen functional groups attached to an aromatic ring is 1. The van der Waals surface area contributed by atoms with Crippen LogP contribution in [-0.2, 0) is 18.6 Å². The largest absolute Gasteiger partial charge is 0.414 e. The van der Waals surface area contributed by atoms with Crippen molar-refractivity contribution < 1.29 is 20.0 Å². The number of nitrogens with two attached hydrogens (primary N) is 1. The van der Waals surface area contributed by atoms with E-state index in [1.807, 2.05) is 13.8 Å². The van der Waals surface area contributed by atoms with E-state index in [1.54, 1.807) is 0 Å². The van der Waals surface area contributed by atoms with Crippen LogP contribution < -0.4 is 11.3 Å². The molecule has 2 aromatic rings. The molecule has 0 radical (unpaired) electrons. The van der Waals surface area contributed by atoms with Gasteiger partial charge in [-0.25, -0.2) is 4.98 Å². The number of hydrogen-bond acceptors (Lipinski definition) is 8. The van der Waals surface area contributed by atoms with E-state index in [2.05, 4.69) is 48.8 Å². The fraction of sp³-hybridized carbons (Fsp3) is 0.737. The lowest BCUT2D eigenvalue weighted by molar-refractivity contribution is -0.199. The number of aromatic nitrogens is 4. The molecule has 11 heteroatoms. The maximum absolute atomic E-state index is 12.2. The second-order valence-corrected chi connectivity index (χ2v) is 14.7. The van der Waals surface area contributed by atoms with Crippen molar-refractivity contribution in [2.24, 2.45) is 0 Å². The number of H-pyrrole nitrogens is 1. The molecule has 3 N–H and O–H groups in total. The number of nitrogens with one attached hydrogen (secondary N) is 1. The van der Waals surface area contributed by atoms with Crippen LogP contribution in [0.25, 0.3) is 11.2 Å². The summed E-state index contributed by atoms with van der Waals surface area (Å²) in [6.45, 7) is 14.9. The van der Waals surface area contributed by atoms with Crippen molar-refractivity contribution in [2.75, 3.05) is 12.3 Å². The Hall–Kier alpha value is -1.79. The van der Waals surface area contributed by atoms with Gasteiger partial charge in [0, 0.05) is 0 Å². The molecule has 4 atom stereocenters. The lowest BCUT2D eigenvalue weighted by Crippen LogP contribution is -2.44. The van der Waals surface area contributed by atoms with Crippen molar-refractivity contribution in [3.05, 3.63) is 16.7 Å². The zero-order chi connectivity index (χ0) is 22.9. The van der Waals surface area contributed by atoms with Gasteiger partial charge >= 0.3 is 0 Å². The summed E-state index contributed by atoms with van der Waals surface area (Å²) in [6.07, 6.45) is -2.26. The zero-order valence-electron chi connectivity index (χ0n) is 19.5. The summed E-state index contributed by atoms with van der Waals surface area (Å²) < 4.78 is 34.8. The highest BCUT2D eigenvalue weighted by Crippen LogP contribution is 2.44. The molecule has 2 aliphatic heterocycles. The van der Waals surface area contributed by atoms with Gasteiger partial charge in [0.2, 0.25) is 5.95 Å². The van der Waals surface area contributed by atoms with Gasteiger partial charge in [0.15, 0.2) is 31.5 Å². The summed E-state index contributed by atoms with van der Waals surface area (Å²) in [4.78, 5) is 22.9. The summed E-state index contributed by atoms with van der Waals surface area (Å²) in [5, 5.41) is 0.0497. The molecule has 0 saturated carbocycles. The van der Waals surface area contributed by atoms with Crippen molar-refractivity contribution in [1.82, 2.24) is 19.5 Å². The highest BCUT2D eigenvalue weighted by Gasteiger charge is 2.56. The number of ether oxygens (including phenoxy) is 3. The lowest BCUT2D eigenvalue weighted by atomic mass is 10.1. The molecule has 2 aromatic heterocycles. The van der Waals surface area contributed by atoms with Gasteiger partial charge in [0.05, 0.1) is 12.9 Å². The van der Waals surface area contributed by atoms with E-state index in [-0.39, 0.29) is 28.5 Å². The van der Waals surface area contributed by atoms with Crippen molar-refractivity contribution in [3.8, 4) is 0 Å². The number of anilines is 1. The quantitative estimate of drug-likeness (QED) is 0.695. The van der Waals surface area contributed by atoms with E-state index < -0.39 is 44.2 Å². The Morgan fingerprint density at radius 2 is 2.03 bits per heavy atom. The molecule has 2 fully saturated rings. The molecule has 0 aromatic carbocycles. The van der Waals surface area contributed by atoms with Gasteiger partial charge in [-0.2, -0.15) is 4.98 Å². The third-order valence-corrected chi connectivity index (χ3v) is 10.7. The minimum atomic E-state index is -2.02. The highest BCUT2D eigenvalue weighted by atomic mass is 28.4. The SMILES string of the molecule is [2H]c1nc2c(=O)[nH]c(N)nc2n1[C@@H]1O[C@H](CO[Si](C)(C)C(C)(C)C)[C@H]2OC(C)(C)O[C@H]21. The molecule has 2 aliphatic rings. The van der Waals surface area contributed by atoms with E-state index in [9.17, 15) is 4.79 Å². The summed E-state index contributed by atoms with van der Waals surface area (Å²) in [5.41, 5.74) is 5.43. The number of fused-ring (bicyclic) bond motifs is 2. The van der Waals surface area contributed by atoms with Gasteiger partial charge in [-0.15, -0.1) is 0 Å². The number of aromatic amines is 1. The molecule has 0 bridgehead atoms. The lowest BCUT2D eigenvalue weighted by Gasteiger charge is -2.37. The fourth-order valence-corrected chi connectivity index (χ4v) is 4.59. The van der Waals surface area contributed by atoms with E-state index in [1.165, 1.54) is 4.57 Å². The molecular formula is C19H31N5O5Si. The van der Waals surface area contributed by atoms with Crippen LogP contribution in [0, 0.1) is 0 Å². The predicted molar refractivity (Wildman–Crippen MR) is 113 cm³/mol. The van der Waals surface area contributed by atoms with Crippen molar-refractivity contribution in [1.29, 1.82) is 0 Å². The van der Waals surface area contributed by atoms with Crippen LogP contribution in [0.4, 0.5) is 5.95 Å². The second kappa shape index (κ2) is 6.86. The van der Waals surface area contributed by atoms with Crippen LogP contribution in [0.15, 0.2) is 11.1 Å². The van der Waals surface area contributed by atoms with Gasteiger partial charge in [-0.1, -0.05) is 20.8 Å². The first-order chi connectivity index (χ1) is 14.2. The van der Waals surface area contributed by atoms with E-state index in [0.717, 1.165) is 0 Å². The Balaban J connectivity index is 1.69. The minimum Gasteiger partial charge on any atom is -0.414 e. The molecule has 0 amide bonds. The van der Waals surface area contributed by atoms with Crippen molar-refractivity contribution in [2.45, 2.75) is 83.1 Å². The van der Waals surface area contributed by atoms with Gasteiger partial charge in [0.25, 0.3) is 5.56 Å². The average Bonchev–Trinajstić information content (AvgIpc) is 3.20. The van der Waals surface area contributed by atoms with Gasteiger partial charge < -0.3 is 24.4 Å². The molecule has 0 spiro atoms. The van der Waals surface area contributed by atoms with Crippen LogP contribution in [0.1, 0.15) is 42.2 Å². The molecule has 0 aliphatic carbocycles. The molecule has 166 valence electrons. The first-order valence-electron chi connectivity index (χ1n) is 10.6. The Morgan fingerprint density at radius 1 is 1.37 bits per heavy atom. The zero-order valence-corrected chi connectivity index (χ0v) is 19.5. The fourth-order valence-electron chi connectivity index (χ4n) is 3.58. The van der Waals surface area contributed by atoms with Crippen LogP contribution in [0.3, 0.4) is 0 Å². The first-order valence-corrected chi connectivity index (χ1v) is 13.0. The standard InChI is InChI=1S/C19H31N5O5Si/c1-18(2,3)30(6,7)26-8-10-12-13(29-19(4,5)28-12)16(27-10)24-9-21-11-14(24)22-17(20)23-15(11)25/h9-10,12-13,16H,8H2,1-7H3,(H3,20,22,23,25)/t10-,12-,13-,16-/m1/s1/i9D. The smallest absolute Gasteiger partial charge is 0.280 e.